The number of rotatable bonds is 10. The van der Waals surface area contributed by atoms with Gasteiger partial charge in [-0.25, -0.2) is 0 Å². The zero-order valence-electron chi connectivity index (χ0n) is 11.1. The molecule has 0 fully saturated rings. The summed E-state index contributed by atoms with van der Waals surface area (Å²) < 4.78 is 0. The van der Waals surface area contributed by atoms with Gasteiger partial charge in [0.1, 0.15) is 0 Å². The van der Waals surface area contributed by atoms with Gasteiger partial charge in [-0.15, -0.1) is 5.98 Å². The molecule has 0 N–H and O–H groups in total. The van der Waals surface area contributed by atoms with E-state index in [1.807, 2.05) is 0 Å². The molecule has 0 aliphatic rings. The van der Waals surface area contributed by atoms with Crippen molar-refractivity contribution in [3.8, 4) is 0 Å². The van der Waals surface area contributed by atoms with Crippen LogP contribution in [0.4, 0.5) is 0 Å². The Morgan fingerprint density at radius 1 is 0.800 bits per heavy atom. The lowest BCUT2D eigenvalue weighted by atomic mass is 9.44. The van der Waals surface area contributed by atoms with Gasteiger partial charge in [-0.3, -0.25) is 0 Å². The molecule has 15 heavy (non-hydrogen) atoms. The predicted octanol–water partition coefficient (Wildman–Crippen LogP) is 5.37. The molecular formula is C14H29B. The number of hydrogen-bond donors (Lipinski definition) is 0. The van der Waals surface area contributed by atoms with Crippen molar-refractivity contribution < 1.29 is 0 Å². The monoisotopic (exact) mass is 208 g/mol. The van der Waals surface area contributed by atoms with E-state index in [2.05, 4.69) is 32.8 Å². The van der Waals surface area contributed by atoms with Crippen LogP contribution in [0.3, 0.4) is 0 Å². The van der Waals surface area contributed by atoms with Gasteiger partial charge in [0.05, 0.1) is 0 Å². The average Bonchev–Trinajstić information content (AvgIpc) is 2.27. The molecule has 0 nitrogen and oxygen atoms in total. The second-order valence-corrected chi connectivity index (χ2v) is 4.61. The molecule has 0 rings (SSSR count). The molecule has 0 saturated carbocycles. The van der Waals surface area contributed by atoms with Crippen molar-refractivity contribution in [1.29, 1.82) is 0 Å². The molecule has 0 bridgehead atoms. The van der Waals surface area contributed by atoms with Gasteiger partial charge in [0.15, 0.2) is 6.71 Å². The van der Waals surface area contributed by atoms with Gasteiger partial charge < -0.3 is 0 Å². The fourth-order valence-corrected chi connectivity index (χ4v) is 1.88. The van der Waals surface area contributed by atoms with E-state index in [9.17, 15) is 0 Å². The lowest BCUT2D eigenvalue weighted by Crippen LogP contribution is -2.08. The maximum Gasteiger partial charge on any atom is 0.166 e. The molecule has 88 valence electrons. The minimum atomic E-state index is 0.863. The van der Waals surface area contributed by atoms with Crippen LogP contribution < -0.4 is 0 Å². The number of allylic oxidation sites excluding steroid dienone is 1. The molecule has 0 aromatic heterocycles. The van der Waals surface area contributed by atoms with Crippen LogP contribution in [0.1, 0.15) is 65.7 Å². The minimum Gasteiger partial charge on any atom is -0.119 e. The topological polar surface area (TPSA) is 0 Å². The first kappa shape index (κ1) is 14.8. The molecule has 1 heteroatoms. The molecule has 0 aliphatic heterocycles. The van der Waals surface area contributed by atoms with E-state index in [-0.39, 0.29) is 0 Å². The van der Waals surface area contributed by atoms with Crippen LogP contribution in [0, 0.1) is 0 Å². The normalized spacial score (nSPS) is 11.1. The van der Waals surface area contributed by atoms with E-state index in [4.69, 9.17) is 0 Å². The molecule has 0 aromatic carbocycles. The van der Waals surface area contributed by atoms with Crippen LogP contribution >= 0.6 is 0 Å². The van der Waals surface area contributed by atoms with Crippen molar-refractivity contribution in [3.05, 3.63) is 12.1 Å². The zero-order valence-corrected chi connectivity index (χ0v) is 11.1. The lowest BCUT2D eigenvalue weighted by molar-refractivity contribution is 0.814. The van der Waals surface area contributed by atoms with Crippen LogP contribution in [0.5, 0.6) is 0 Å². The molecule has 0 saturated heterocycles. The fraction of sp³-hybridized carbons (Fsp3) is 0.857. The maximum atomic E-state index is 2.49. The third-order valence-electron chi connectivity index (χ3n) is 2.99. The smallest absolute Gasteiger partial charge is 0.119 e. The van der Waals surface area contributed by atoms with E-state index in [1.54, 1.807) is 0 Å². The van der Waals surface area contributed by atoms with E-state index in [0.29, 0.717) is 0 Å². The summed E-state index contributed by atoms with van der Waals surface area (Å²) >= 11 is 0. The highest BCUT2D eigenvalue weighted by atomic mass is 13.9. The summed E-state index contributed by atoms with van der Waals surface area (Å²) in [6, 6.07) is 0. The van der Waals surface area contributed by atoms with Crippen LogP contribution in [-0.2, 0) is 0 Å². The Kier molecular flexibility index (Phi) is 11.7. The Balaban J connectivity index is 3.71. The molecule has 0 heterocycles. The predicted molar refractivity (Wildman–Crippen MR) is 73.8 cm³/mol. The molecule has 0 unspecified atom stereocenters. The highest BCUT2D eigenvalue weighted by Gasteiger charge is 2.07. The highest BCUT2D eigenvalue weighted by Crippen LogP contribution is 2.11. The van der Waals surface area contributed by atoms with Crippen molar-refractivity contribution in [2.45, 2.75) is 78.4 Å². The quantitative estimate of drug-likeness (QED) is 0.334. The lowest BCUT2D eigenvalue weighted by Gasteiger charge is -2.07. The highest BCUT2D eigenvalue weighted by molar-refractivity contribution is 6.64. The molecule has 0 aromatic rings. The van der Waals surface area contributed by atoms with Gasteiger partial charge in [0, 0.05) is 0 Å². The van der Waals surface area contributed by atoms with Crippen molar-refractivity contribution in [3.63, 3.8) is 0 Å². The second kappa shape index (κ2) is 11.9. The Hall–Kier alpha value is -0.195. The molecular weight excluding hydrogens is 179 g/mol. The summed E-state index contributed by atoms with van der Waals surface area (Å²) in [7, 11) is 0. The van der Waals surface area contributed by atoms with Gasteiger partial charge in [0.25, 0.3) is 0 Å². The molecule has 0 atom stereocenters. The summed E-state index contributed by atoms with van der Waals surface area (Å²) in [6.07, 6.45) is 14.6. The van der Waals surface area contributed by atoms with Gasteiger partial charge in [-0.1, -0.05) is 78.0 Å². The van der Waals surface area contributed by atoms with E-state index in [0.717, 1.165) is 6.71 Å². The van der Waals surface area contributed by atoms with Gasteiger partial charge in [-0.05, 0) is 6.42 Å². The standard InChI is InChI=1S/C14H29B/c1-4-7-10-11-14-15(12-8-5-2)13-9-6-3/h11,14H,4-10,12-13H2,1-3H3. The van der Waals surface area contributed by atoms with Crippen LogP contribution in [0.15, 0.2) is 12.1 Å². The largest absolute Gasteiger partial charge is 0.166 e. The Morgan fingerprint density at radius 3 is 1.80 bits per heavy atom. The number of unbranched alkanes of at least 4 members (excludes halogenated alkanes) is 4. The van der Waals surface area contributed by atoms with E-state index < -0.39 is 0 Å². The summed E-state index contributed by atoms with van der Waals surface area (Å²) in [5, 5.41) is 0. The van der Waals surface area contributed by atoms with Gasteiger partial charge >= 0.3 is 0 Å². The Morgan fingerprint density at radius 2 is 1.33 bits per heavy atom. The average molecular weight is 208 g/mol. The summed E-state index contributed by atoms with van der Waals surface area (Å²) in [5.41, 5.74) is 0. The Bertz CT molecular complexity index is 132. The van der Waals surface area contributed by atoms with Gasteiger partial charge in [0.2, 0.25) is 0 Å². The maximum absolute atomic E-state index is 2.49. The first-order valence-electron chi connectivity index (χ1n) is 7.01. The summed E-state index contributed by atoms with van der Waals surface area (Å²) in [4.78, 5) is 0. The fourth-order valence-electron chi connectivity index (χ4n) is 1.88. The van der Waals surface area contributed by atoms with Gasteiger partial charge in [-0.2, -0.15) is 0 Å². The molecule has 0 amide bonds. The van der Waals surface area contributed by atoms with Crippen molar-refractivity contribution in [1.82, 2.24) is 0 Å². The number of hydrogen-bond acceptors (Lipinski definition) is 0. The van der Waals surface area contributed by atoms with E-state index >= 15 is 0 Å². The zero-order chi connectivity index (χ0) is 11.4. The van der Waals surface area contributed by atoms with Crippen LogP contribution in [0.2, 0.25) is 12.6 Å². The third kappa shape index (κ3) is 10.1. The van der Waals surface area contributed by atoms with Crippen LogP contribution in [0.25, 0.3) is 0 Å². The molecule has 0 aliphatic carbocycles. The van der Waals surface area contributed by atoms with Crippen molar-refractivity contribution in [2.24, 2.45) is 0 Å². The molecule has 0 spiro atoms. The minimum absolute atomic E-state index is 0.863. The first-order chi connectivity index (χ1) is 7.35. The summed E-state index contributed by atoms with van der Waals surface area (Å²) in [5.74, 6) is 2.49. The molecule has 0 radical (unpaired) electrons. The third-order valence-corrected chi connectivity index (χ3v) is 2.99. The van der Waals surface area contributed by atoms with Crippen molar-refractivity contribution in [2.75, 3.05) is 0 Å². The van der Waals surface area contributed by atoms with E-state index in [1.165, 1.54) is 57.6 Å². The first-order valence-corrected chi connectivity index (χ1v) is 7.01. The van der Waals surface area contributed by atoms with Crippen molar-refractivity contribution >= 4 is 6.71 Å². The summed E-state index contributed by atoms with van der Waals surface area (Å²) in [6.45, 7) is 7.70. The SMILES string of the molecule is CCCCC=CB(CCCC)CCCC. The second-order valence-electron chi connectivity index (χ2n) is 4.61. The Labute approximate surface area is 97.6 Å². The van der Waals surface area contributed by atoms with Crippen LogP contribution in [-0.4, -0.2) is 6.71 Å².